The number of benzene rings is 2. The van der Waals surface area contributed by atoms with Crippen molar-refractivity contribution in [3.63, 3.8) is 0 Å². The molecule has 0 aliphatic carbocycles. The molecule has 0 unspecified atom stereocenters. The summed E-state index contributed by atoms with van der Waals surface area (Å²) in [7, 11) is 0. The number of hydrogen-bond acceptors (Lipinski definition) is 4. The average Bonchev–Trinajstić information content (AvgIpc) is 2.55. The summed E-state index contributed by atoms with van der Waals surface area (Å²) >= 11 is 18.0. The number of non-ortho nitro benzene ring substituents is 1. The second-order valence-corrected chi connectivity index (χ2v) is 8.08. The van der Waals surface area contributed by atoms with Crippen LogP contribution in [-0.2, 0) is 0 Å². The molecule has 0 saturated carbocycles. The van der Waals surface area contributed by atoms with Gasteiger partial charge in [-0.15, -0.1) is 0 Å². The van der Waals surface area contributed by atoms with Crippen molar-refractivity contribution in [3.8, 4) is 0 Å². The topological polar surface area (TPSA) is 84.3 Å². The molecule has 9 heteroatoms. The zero-order valence-corrected chi connectivity index (χ0v) is 16.2. The molecule has 0 saturated heterocycles. The first-order chi connectivity index (χ1) is 12.1. The molecule has 6 nitrogen and oxygen atoms in total. The molecule has 1 amide bonds. The van der Waals surface area contributed by atoms with Crippen molar-refractivity contribution >= 4 is 52.1 Å². The highest BCUT2D eigenvalue weighted by Gasteiger charge is 2.34. The number of alkyl halides is 3. The number of nitrogens with one attached hydrogen (secondary N) is 2. The summed E-state index contributed by atoms with van der Waals surface area (Å²) in [5.41, 5.74) is 2.79. The number of carbonyl (C=O) groups excluding carboxylic acids is 1. The van der Waals surface area contributed by atoms with Crippen molar-refractivity contribution in [1.82, 2.24) is 5.32 Å². The van der Waals surface area contributed by atoms with E-state index in [0.29, 0.717) is 5.69 Å². The van der Waals surface area contributed by atoms with Crippen molar-refractivity contribution < 1.29 is 9.72 Å². The maximum atomic E-state index is 12.4. The minimum Gasteiger partial charge on any atom is -0.362 e. The Morgan fingerprint density at radius 3 is 2.23 bits per heavy atom. The second-order valence-electron chi connectivity index (χ2n) is 5.71. The van der Waals surface area contributed by atoms with Gasteiger partial charge in [-0.05, 0) is 37.6 Å². The summed E-state index contributed by atoms with van der Waals surface area (Å²) in [6.07, 6.45) is -1.02. The zero-order chi connectivity index (χ0) is 19.5. The molecule has 0 heterocycles. The smallest absolute Gasteiger partial charge is 0.269 e. The van der Waals surface area contributed by atoms with Crippen molar-refractivity contribution in [2.75, 3.05) is 5.32 Å². The standard InChI is InChI=1S/C17H16Cl3N3O3/c1-10-3-8-14(11(2)9-10)21-16(17(18,19)20)22-15(24)12-4-6-13(7-5-12)23(25)26/h3-9,16,21H,1-2H3,(H,22,24)/t16-/m0/s1. The summed E-state index contributed by atoms with van der Waals surface area (Å²) in [6, 6.07) is 10.8. The Balaban J connectivity index is 2.19. The van der Waals surface area contributed by atoms with E-state index >= 15 is 0 Å². The van der Waals surface area contributed by atoms with E-state index in [9.17, 15) is 14.9 Å². The molecule has 0 radical (unpaired) electrons. The minimum absolute atomic E-state index is 0.118. The molecule has 1 atom stereocenters. The number of aryl methyl sites for hydroxylation is 2. The maximum absolute atomic E-state index is 12.4. The van der Waals surface area contributed by atoms with Gasteiger partial charge in [-0.3, -0.25) is 14.9 Å². The van der Waals surface area contributed by atoms with Crippen LogP contribution in [0.3, 0.4) is 0 Å². The highest BCUT2D eigenvalue weighted by Crippen LogP contribution is 2.32. The molecule has 0 aromatic heterocycles. The van der Waals surface area contributed by atoms with Gasteiger partial charge in [0.05, 0.1) is 4.92 Å². The quantitative estimate of drug-likeness (QED) is 0.319. The Kier molecular flexibility index (Phi) is 6.34. The van der Waals surface area contributed by atoms with Crippen LogP contribution in [0.2, 0.25) is 0 Å². The van der Waals surface area contributed by atoms with Crippen LogP contribution in [0.4, 0.5) is 11.4 Å². The molecular formula is C17H16Cl3N3O3. The first kappa shape index (κ1) is 20.3. The van der Waals surface area contributed by atoms with Crippen LogP contribution < -0.4 is 10.6 Å². The number of carbonyl (C=O) groups is 1. The monoisotopic (exact) mass is 415 g/mol. The average molecular weight is 417 g/mol. The lowest BCUT2D eigenvalue weighted by atomic mass is 10.1. The van der Waals surface area contributed by atoms with Gasteiger partial charge in [-0.2, -0.15) is 0 Å². The van der Waals surface area contributed by atoms with Crippen LogP contribution in [0.25, 0.3) is 0 Å². The van der Waals surface area contributed by atoms with E-state index in [-0.39, 0.29) is 11.3 Å². The molecule has 2 rings (SSSR count). The molecule has 0 fully saturated rings. The predicted octanol–water partition coefficient (Wildman–Crippen LogP) is 4.75. The summed E-state index contributed by atoms with van der Waals surface area (Å²) in [6.45, 7) is 3.85. The number of nitro groups is 1. The molecular weight excluding hydrogens is 401 g/mol. The van der Waals surface area contributed by atoms with Crippen LogP contribution in [0.1, 0.15) is 21.5 Å². The van der Waals surface area contributed by atoms with E-state index in [1.165, 1.54) is 24.3 Å². The van der Waals surface area contributed by atoms with Crippen LogP contribution in [0.15, 0.2) is 42.5 Å². The van der Waals surface area contributed by atoms with Gasteiger partial charge < -0.3 is 10.6 Å². The first-order valence-electron chi connectivity index (χ1n) is 7.54. The Hall–Kier alpha value is -2.02. The molecule has 2 aromatic rings. The highest BCUT2D eigenvalue weighted by molar-refractivity contribution is 6.68. The molecule has 138 valence electrons. The predicted molar refractivity (Wildman–Crippen MR) is 104 cm³/mol. The SMILES string of the molecule is Cc1ccc(N[C@@H](NC(=O)c2ccc([N+](=O)[O-])cc2)C(Cl)(Cl)Cl)c(C)c1. The van der Waals surface area contributed by atoms with Crippen LogP contribution >= 0.6 is 34.8 Å². The third-order valence-corrected chi connectivity index (χ3v) is 4.28. The molecule has 26 heavy (non-hydrogen) atoms. The van der Waals surface area contributed by atoms with Crippen molar-refractivity contribution in [2.45, 2.75) is 23.8 Å². The fourth-order valence-electron chi connectivity index (χ4n) is 2.28. The van der Waals surface area contributed by atoms with Gasteiger partial charge >= 0.3 is 0 Å². The maximum Gasteiger partial charge on any atom is 0.269 e. The van der Waals surface area contributed by atoms with E-state index < -0.39 is 20.8 Å². The lowest BCUT2D eigenvalue weighted by Gasteiger charge is -2.28. The number of rotatable bonds is 5. The third-order valence-electron chi connectivity index (χ3n) is 3.62. The first-order valence-corrected chi connectivity index (χ1v) is 8.67. The summed E-state index contributed by atoms with van der Waals surface area (Å²) in [5, 5.41) is 16.3. The third kappa shape index (κ3) is 5.24. The highest BCUT2D eigenvalue weighted by atomic mass is 35.6. The fourth-order valence-corrected chi connectivity index (χ4v) is 2.61. The second kappa shape index (κ2) is 8.12. The Bertz CT molecular complexity index is 820. The number of nitro benzene ring substituents is 1. The van der Waals surface area contributed by atoms with Crippen LogP contribution in [0, 0.1) is 24.0 Å². The van der Waals surface area contributed by atoms with Crippen LogP contribution in [0.5, 0.6) is 0 Å². The fraction of sp³-hybridized carbons (Fsp3) is 0.235. The summed E-state index contributed by atoms with van der Waals surface area (Å²) < 4.78 is -1.83. The van der Waals surface area contributed by atoms with E-state index in [1.807, 2.05) is 32.0 Å². The lowest BCUT2D eigenvalue weighted by Crippen LogP contribution is -2.49. The van der Waals surface area contributed by atoms with E-state index in [2.05, 4.69) is 10.6 Å². The Labute approximate surface area is 165 Å². The molecule has 0 aliphatic heterocycles. The molecule has 0 spiro atoms. The van der Waals surface area contributed by atoms with Gasteiger partial charge in [0.25, 0.3) is 11.6 Å². The van der Waals surface area contributed by atoms with Crippen molar-refractivity contribution in [1.29, 1.82) is 0 Å². The van der Waals surface area contributed by atoms with Gasteiger partial charge in [-0.1, -0.05) is 52.5 Å². The number of halogens is 3. The van der Waals surface area contributed by atoms with Crippen LogP contribution in [-0.4, -0.2) is 20.8 Å². The van der Waals surface area contributed by atoms with Gasteiger partial charge in [0, 0.05) is 23.4 Å². The van der Waals surface area contributed by atoms with E-state index in [4.69, 9.17) is 34.8 Å². The van der Waals surface area contributed by atoms with Gasteiger partial charge in [0.15, 0.2) is 0 Å². The zero-order valence-electron chi connectivity index (χ0n) is 13.9. The number of amides is 1. The van der Waals surface area contributed by atoms with Gasteiger partial charge in [0.2, 0.25) is 3.79 Å². The van der Waals surface area contributed by atoms with Crippen molar-refractivity contribution in [2.24, 2.45) is 0 Å². The summed E-state index contributed by atoms with van der Waals surface area (Å²) in [4.78, 5) is 22.6. The Morgan fingerprint density at radius 2 is 1.73 bits per heavy atom. The molecule has 0 bridgehead atoms. The molecule has 2 N–H and O–H groups in total. The number of anilines is 1. The minimum atomic E-state index is -1.83. The van der Waals surface area contributed by atoms with E-state index in [1.54, 1.807) is 0 Å². The lowest BCUT2D eigenvalue weighted by molar-refractivity contribution is -0.384. The summed E-state index contributed by atoms with van der Waals surface area (Å²) in [5.74, 6) is -0.534. The van der Waals surface area contributed by atoms with Gasteiger partial charge in [-0.25, -0.2) is 0 Å². The Morgan fingerprint density at radius 1 is 1.12 bits per heavy atom. The molecule has 0 aliphatic rings. The largest absolute Gasteiger partial charge is 0.362 e. The molecule has 2 aromatic carbocycles. The van der Waals surface area contributed by atoms with E-state index in [0.717, 1.165) is 11.1 Å². The van der Waals surface area contributed by atoms with Crippen molar-refractivity contribution in [3.05, 3.63) is 69.3 Å². The number of nitrogens with zero attached hydrogens (tertiary/aromatic N) is 1. The normalized spacial score (nSPS) is 12.3. The number of hydrogen-bond donors (Lipinski definition) is 2. The van der Waals surface area contributed by atoms with Gasteiger partial charge in [0.1, 0.15) is 6.17 Å².